The molecule has 5 rings (SSSR count). The molecule has 0 bridgehead atoms. The first kappa shape index (κ1) is 21.5. The highest BCUT2D eigenvalue weighted by Crippen LogP contribution is 2.36. The lowest BCUT2D eigenvalue weighted by Gasteiger charge is -2.38. The van der Waals surface area contributed by atoms with Crippen LogP contribution in [-0.2, 0) is 19.1 Å². The number of carbonyl (C=O) groups is 2. The van der Waals surface area contributed by atoms with Crippen molar-refractivity contribution in [3.63, 3.8) is 0 Å². The predicted octanol–water partition coefficient (Wildman–Crippen LogP) is 2.83. The molecule has 33 heavy (non-hydrogen) atoms. The van der Waals surface area contributed by atoms with Crippen molar-refractivity contribution in [3.8, 4) is 11.5 Å². The summed E-state index contributed by atoms with van der Waals surface area (Å²) >= 11 is 0. The van der Waals surface area contributed by atoms with Crippen molar-refractivity contribution < 1.29 is 28.5 Å². The first-order valence-corrected chi connectivity index (χ1v) is 11.1. The van der Waals surface area contributed by atoms with E-state index in [0.29, 0.717) is 50.6 Å². The molecule has 8 heteroatoms. The van der Waals surface area contributed by atoms with Gasteiger partial charge in [0.15, 0.2) is 17.3 Å². The van der Waals surface area contributed by atoms with E-state index in [9.17, 15) is 9.59 Å². The molecule has 2 fully saturated rings. The second kappa shape index (κ2) is 8.88. The fourth-order valence-corrected chi connectivity index (χ4v) is 4.39. The number of fused-ring (bicyclic) bond motifs is 1. The normalized spacial score (nSPS) is 20.6. The van der Waals surface area contributed by atoms with Gasteiger partial charge in [0.2, 0.25) is 5.91 Å². The standard InChI is InChI=1S/C25H26N2O6/c1-30-19-8-6-18(7-9-19)16-22-24(29)27(20-4-2-3-5-21(20)33-22)17-23(28)26-12-10-25(11-13-26)31-14-15-32-25/h2-9,16H,10-15,17H2,1H3. The number of anilines is 1. The molecule has 3 aliphatic heterocycles. The summed E-state index contributed by atoms with van der Waals surface area (Å²) < 4.78 is 22.6. The first-order valence-electron chi connectivity index (χ1n) is 11.1. The molecule has 0 aromatic heterocycles. The highest BCUT2D eigenvalue weighted by molar-refractivity contribution is 6.12. The Kier molecular flexibility index (Phi) is 5.78. The van der Waals surface area contributed by atoms with Gasteiger partial charge in [0.05, 0.1) is 26.0 Å². The second-order valence-corrected chi connectivity index (χ2v) is 8.23. The monoisotopic (exact) mass is 450 g/mol. The third-order valence-electron chi connectivity index (χ3n) is 6.23. The number of hydrogen-bond acceptors (Lipinski definition) is 6. The van der Waals surface area contributed by atoms with E-state index in [0.717, 1.165) is 11.3 Å². The number of ether oxygens (including phenoxy) is 4. The van der Waals surface area contributed by atoms with Gasteiger partial charge in [-0.25, -0.2) is 0 Å². The Labute approximate surface area is 192 Å². The molecule has 0 saturated carbocycles. The molecule has 3 heterocycles. The number of para-hydroxylation sites is 2. The SMILES string of the molecule is COc1ccc(C=C2Oc3ccccc3N(CC(=O)N3CCC4(CC3)OCCO4)C2=O)cc1. The zero-order chi connectivity index (χ0) is 22.8. The highest BCUT2D eigenvalue weighted by Gasteiger charge is 2.41. The van der Waals surface area contributed by atoms with Gasteiger partial charge in [-0.2, -0.15) is 0 Å². The third-order valence-corrected chi connectivity index (χ3v) is 6.23. The van der Waals surface area contributed by atoms with Crippen molar-refractivity contribution in [2.75, 3.05) is 44.9 Å². The Morgan fingerprint density at radius 3 is 2.45 bits per heavy atom. The maximum absolute atomic E-state index is 13.3. The largest absolute Gasteiger partial charge is 0.497 e. The Morgan fingerprint density at radius 2 is 1.76 bits per heavy atom. The summed E-state index contributed by atoms with van der Waals surface area (Å²) in [6.45, 7) is 2.20. The quantitative estimate of drug-likeness (QED) is 0.667. The van der Waals surface area contributed by atoms with Crippen molar-refractivity contribution >= 4 is 23.6 Å². The summed E-state index contributed by atoms with van der Waals surface area (Å²) in [5.41, 5.74) is 1.38. The number of rotatable bonds is 4. The Bertz CT molecular complexity index is 1060. The van der Waals surface area contributed by atoms with E-state index in [-0.39, 0.29) is 24.1 Å². The van der Waals surface area contributed by atoms with Crippen LogP contribution < -0.4 is 14.4 Å². The average molecular weight is 450 g/mol. The summed E-state index contributed by atoms with van der Waals surface area (Å²) in [6.07, 6.45) is 2.94. The van der Waals surface area contributed by atoms with Gasteiger partial charge < -0.3 is 23.8 Å². The van der Waals surface area contributed by atoms with Crippen LogP contribution >= 0.6 is 0 Å². The Hall–Kier alpha value is -3.36. The highest BCUT2D eigenvalue weighted by atomic mass is 16.7. The van der Waals surface area contributed by atoms with Crippen molar-refractivity contribution in [2.45, 2.75) is 18.6 Å². The van der Waals surface area contributed by atoms with E-state index < -0.39 is 5.79 Å². The molecule has 8 nitrogen and oxygen atoms in total. The molecule has 0 radical (unpaired) electrons. The third kappa shape index (κ3) is 4.31. The molecule has 0 unspecified atom stereocenters. The minimum atomic E-state index is -0.549. The maximum Gasteiger partial charge on any atom is 0.294 e. The molecule has 0 aliphatic carbocycles. The minimum absolute atomic E-state index is 0.0616. The van der Waals surface area contributed by atoms with Gasteiger partial charge in [-0.3, -0.25) is 14.5 Å². The molecule has 2 aromatic rings. The Balaban J connectivity index is 1.35. The van der Waals surface area contributed by atoms with Crippen LogP contribution in [0.4, 0.5) is 5.69 Å². The van der Waals surface area contributed by atoms with Gasteiger partial charge in [-0.1, -0.05) is 24.3 Å². The zero-order valence-electron chi connectivity index (χ0n) is 18.5. The van der Waals surface area contributed by atoms with Crippen molar-refractivity contribution in [1.82, 2.24) is 4.90 Å². The van der Waals surface area contributed by atoms with Gasteiger partial charge in [0.1, 0.15) is 12.3 Å². The summed E-state index contributed by atoms with van der Waals surface area (Å²) in [6, 6.07) is 14.6. The molecular formula is C25H26N2O6. The van der Waals surface area contributed by atoms with Crippen LogP contribution in [0.3, 0.4) is 0 Å². The smallest absolute Gasteiger partial charge is 0.294 e. The van der Waals surface area contributed by atoms with Crippen molar-refractivity contribution in [2.24, 2.45) is 0 Å². The van der Waals surface area contributed by atoms with E-state index in [4.69, 9.17) is 18.9 Å². The summed E-state index contributed by atoms with van der Waals surface area (Å²) in [7, 11) is 1.60. The minimum Gasteiger partial charge on any atom is -0.497 e. The van der Waals surface area contributed by atoms with Crippen LogP contribution in [0.2, 0.25) is 0 Å². The molecule has 2 amide bonds. The molecular weight excluding hydrogens is 424 g/mol. The van der Waals surface area contributed by atoms with Crippen LogP contribution in [0.25, 0.3) is 6.08 Å². The Morgan fingerprint density at radius 1 is 1.06 bits per heavy atom. The van der Waals surface area contributed by atoms with E-state index in [1.807, 2.05) is 36.4 Å². The lowest BCUT2D eigenvalue weighted by molar-refractivity contribution is -0.187. The number of amides is 2. The van der Waals surface area contributed by atoms with Gasteiger partial charge in [-0.05, 0) is 35.9 Å². The lowest BCUT2D eigenvalue weighted by atomic mass is 10.0. The summed E-state index contributed by atoms with van der Waals surface area (Å²) in [4.78, 5) is 29.7. The van der Waals surface area contributed by atoms with E-state index in [1.54, 1.807) is 30.2 Å². The van der Waals surface area contributed by atoms with Crippen LogP contribution in [0.5, 0.6) is 11.5 Å². The van der Waals surface area contributed by atoms with Crippen LogP contribution in [-0.4, -0.2) is 62.5 Å². The van der Waals surface area contributed by atoms with E-state index >= 15 is 0 Å². The number of carbonyl (C=O) groups excluding carboxylic acids is 2. The molecule has 172 valence electrons. The van der Waals surface area contributed by atoms with Crippen LogP contribution in [0.1, 0.15) is 18.4 Å². The van der Waals surface area contributed by atoms with Gasteiger partial charge in [0, 0.05) is 25.9 Å². The second-order valence-electron chi connectivity index (χ2n) is 8.23. The topological polar surface area (TPSA) is 77.5 Å². The van der Waals surface area contributed by atoms with Gasteiger partial charge >= 0.3 is 0 Å². The lowest BCUT2D eigenvalue weighted by Crippen LogP contribution is -2.51. The first-order chi connectivity index (χ1) is 16.1. The number of methoxy groups -OCH3 is 1. The van der Waals surface area contributed by atoms with Crippen LogP contribution in [0, 0.1) is 0 Å². The number of nitrogens with zero attached hydrogens (tertiary/aromatic N) is 2. The fourth-order valence-electron chi connectivity index (χ4n) is 4.39. The van der Waals surface area contributed by atoms with Gasteiger partial charge in [0.25, 0.3) is 5.91 Å². The number of hydrogen-bond donors (Lipinski definition) is 0. The molecule has 1 spiro atoms. The van der Waals surface area contributed by atoms with Crippen molar-refractivity contribution in [1.29, 1.82) is 0 Å². The average Bonchev–Trinajstić information content (AvgIpc) is 3.30. The van der Waals surface area contributed by atoms with E-state index in [1.165, 1.54) is 4.90 Å². The molecule has 2 aromatic carbocycles. The van der Waals surface area contributed by atoms with E-state index in [2.05, 4.69) is 0 Å². The predicted molar refractivity (Wildman–Crippen MR) is 121 cm³/mol. The molecule has 3 aliphatic rings. The fraction of sp³-hybridized carbons (Fsp3) is 0.360. The van der Waals surface area contributed by atoms with Crippen molar-refractivity contribution in [3.05, 3.63) is 59.9 Å². The van der Waals surface area contributed by atoms with Crippen LogP contribution in [0.15, 0.2) is 54.3 Å². The molecule has 0 N–H and O–H groups in total. The molecule has 2 saturated heterocycles. The number of benzene rings is 2. The maximum atomic E-state index is 13.3. The number of likely N-dealkylation sites (tertiary alicyclic amines) is 1. The molecule has 0 atom stereocenters. The zero-order valence-corrected chi connectivity index (χ0v) is 18.5. The summed E-state index contributed by atoms with van der Waals surface area (Å²) in [5.74, 6) is 0.409. The number of piperidine rings is 1. The van der Waals surface area contributed by atoms with Gasteiger partial charge in [-0.15, -0.1) is 0 Å². The summed E-state index contributed by atoms with van der Waals surface area (Å²) in [5, 5.41) is 0.